The highest BCUT2D eigenvalue weighted by Crippen LogP contribution is 2.32. The first-order chi connectivity index (χ1) is 11.5. The van der Waals surface area contributed by atoms with Gasteiger partial charge in [0.15, 0.2) is 0 Å². The Bertz CT molecular complexity index is 859. The first kappa shape index (κ1) is 14.9. The van der Waals surface area contributed by atoms with Crippen LogP contribution in [0.1, 0.15) is 27.4 Å². The van der Waals surface area contributed by atoms with Crippen molar-refractivity contribution in [2.75, 3.05) is 13.1 Å². The van der Waals surface area contributed by atoms with Gasteiger partial charge in [-0.2, -0.15) is 0 Å². The zero-order valence-electron chi connectivity index (χ0n) is 12.4. The van der Waals surface area contributed by atoms with Crippen molar-refractivity contribution in [3.8, 4) is 0 Å². The molecule has 0 saturated carbocycles. The summed E-state index contributed by atoms with van der Waals surface area (Å²) in [5.74, 6) is -1.11. The minimum atomic E-state index is -0.659. The number of hydrogen-bond donors (Lipinski definition) is 1. The lowest BCUT2D eigenvalue weighted by Gasteiger charge is -2.33. The number of likely N-dealkylation sites (tertiary alicyclic amines) is 2. The fourth-order valence-corrected chi connectivity index (χ4v) is 3.47. The Kier molecular flexibility index (Phi) is 3.42. The molecule has 0 radical (unpaired) electrons. The van der Waals surface area contributed by atoms with E-state index < -0.39 is 5.76 Å². The summed E-state index contributed by atoms with van der Waals surface area (Å²) in [6.45, 7) is 0.873. The van der Waals surface area contributed by atoms with Crippen molar-refractivity contribution in [1.29, 1.82) is 0 Å². The molecule has 9 heteroatoms. The number of pyridine rings is 1. The van der Waals surface area contributed by atoms with Crippen molar-refractivity contribution in [3.05, 3.63) is 51.6 Å². The molecule has 2 bridgehead atoms. The summed E-state index contributed by atoms with van der Waals surface area (Å²) in [5.41, 5.74) is 0.466. The molecule has 2 aromatic rings. The van der Waals surface area contributed by atoms with Crippen LogP contribution in [-0.2, 0) is 0 Å². The molecule has 0 spiro atoms. The number of nitrogens with one attached hydrogen (secondary N) is 1. The number of oxazole rings is 1. The molecule has 2 fully saturated rings. The lowest BCUT2D eigenvalue weighted by molar-refractivity contribution is 0.0520. The standard InChI is InChI=1S/C15H13ClN4O4/c16-8-1-2-11(17-4-8)13(21)19-5-10-3-9(19)6-20(10)14(22)12-7-24-15(23)18-12/h1-2,4,7,9-10H,3,5-6H2,(H,18,23)/t9-,10-/m0/s1. The Morgan fingerprint density at radius 3 is 2.46 bits per heavy atom. The maximum absolute atomic E-state index is 12.6. The van der Waals surface area contributed by atoms with Crippen LogP contribution >= 0.6 is 11.6 Å². The molecule has 1 N–H and O–H groups in total. The number of rotatable bonds is 2. The van der Waals surface area contributed by atoms with Gasteiger partial charge in [0, 0.05) is 19.3 Å². The summed E-state index contributed by atoms with van der Waals surface area (Å²) in [6.07, 6.45) is 3.28. The Labute approximate surface area is 141 Å². The monoisotopic (exact) mass is 348 g/mol. The summed E-state index contributed by atoms with van der Waals surface area (Å²) in [7, 11) is 0. The minimum absolute atomic E-state index is 0.0532. The maximum Gasteiger partial charge on any atom is 0.416 e. The first-order valence-corrected chi connectivity index (χ1v) is 7.82. The quantitative estimate of drug-likeness (QED) is 0.863. The highest BCUT2D eigenvalue weighted by molar-refractivity contribution is 6.30. The van der Waals surface area contributed by atoms with Crippen molar-refractivity contribution < 1.29 is 14.0 Å². The van der Waals surface area contributed by atoms with Crippen molar-refractivity contribution in [3.63, 3.8) is 0 Å². The minimum Gasteiger partial charge on any atom is -0.416 e. The number of carbonyl (C=O) groups excluding carboxylic acids is 2. The maximum atomic E-state index is 12.6. The second kappa shape index (κ2) is 5.48. The molecular weight excluding hydrogens is 336 g/mol. The smallest absolute Gasteiger partial charge is 0.416 e. The first-order valence-electron chi connectivity index (χ1n) is 7.44. The van der Waals surface area contributed by atoms with Crippen LogP contribution in [0, 0.1) is 0 Å². The van der Waals surface area contributed by atoms with Gasteiger partial charge < -0.3 is 14.2 Å². The number of halogens is 1. The summed E-state index contributed by atoms with van der Waals surface area (Å²) >= 11 is 5.79. The van der Waals surface area contributed by atoms with E-state index >= 15 is 0 Å². The number of aromatic nitrogens is 2. The molecule has 2 aromatic heterocycles. The molecule has 4 rings (SSSR count). The van der Waals surface area contributed by atoms with E-state index in [1.807, 2.05) is 0 Å². The van der Waals surface area contributed by atoms with Crippen LogP contribution in [0.15, 0.2) is 33.8 Å². The Balaban J connectivity index is 1.48. The molecule has 2 saturated heterocycles. The van der Waals surface area contributed by atoms with Gasteiger partial charge in [0.05, 0.1) is 17.1 Å². The van der Waals surface area contributed by atoms with Crippen LogP contribution in [0.3, 0.4) is 0 Å². The van der Waals surface area contributed by atoms with E-state index in [1.54, 1.807) is 21.9 Å². The van der Waals surface area contributed by atoms with Gasteiger partial charge in [-0.15, -0.1) is 0 Å². The average molecular weight is 349 g/mol. The fourth-order valence-electron chi connectivity index (χ4n) is 3.35. The van der Waals surface area contributed by atoms with Gasteiger partial charge in [-0.05, 0) is 18.6 Å². The van der Waals surface area contributed by atoms with Gasteiger partial charge in [0.25, 0.3) is 11.8 Å². The summed E-state index contributed by atoms with van der Waals surface area (Å²) < 4.78 is 4.61. The number of piperazine rings is 1. The summed E-state index contributed by atoms with van der Waals surface area (Å²) in [5, 5.41) is 0.473. The molecule has 2 atom stereocenters. The third-order valence-electron chi connectivity index (χ3n) is 4.46. The molecule has 2 aliphatic heterocycles. The number of nitrogens with zero attached hydrogens (tertiary/aromatic N) is 3. The number of carbonyl (C=O) groups is 2. The van der Waals surface area contributed by atoms with Crippen molar-refractivity contribution in [2.45, 2.75) is 18.5 Å². The number of amides is 2. The van der Waals surface area contributed by atoms with Crippen LogP contribution in [0.25, 0.3) is 0 Å². The molecule has 24 heavy (non-hydrogen) atoms. The highest BCUT2D eigenvalue weighted by Gasteiger charge is 2.47. The third kappa shape index (κ3) is 2.39. The third-order valence-corrected chi connectivity index (χ3v) is 4.68. The van der Waals surface area contributed by atoms with E-state index in [9.17, 15) is 14.4 Å². The lowest BCUT2D eigenvalue weighted by Crippen LogP contribution is -2.50. The molecule has 124 valence electrons. The van der Waals surface area contributed by atoms with Gasteiger partial charge in [-0.3, -0.25) is 14.6 Å². The number of hydrogen-bond acceptors (Lipinski definition) is 5. The lowest BCUT2D eigenvalue weighted by atomic mass is 10.2. The van der Waals surface area contributed by atoms with Crippen LogP contribution in [0.4, 0.5) is 0 Å². The number of H-pyrrole nitrogens is 1. The van der Waals surface area contributed by atoms with E-state index in [-0.39, 0.29) is 29.6 Å². The van der Waals surface area contributed by atoms with Crippen molar-refractivity contribution >= 4 is 23.4 Å². The van der Waals surface area contributed by atoms with Crippen LogP contribution in [0.5, 0.6) is 0 Å². The van der Waals surface area contributed by atoms with Gasteiger partial charge >= 0.3 is 5.76 Å². The molecule has 0 aromatic carbocycles. The fraction of sp³-hybridized carbons (Fsp3) is 0.333. The predicted molar refractivity (Wildman–Crippen MR) is 82.8 cm³/mol. The van der Waals surface area contributed by atoms with Crippen LogP contribution in [0.2, 0.25) is 5.02 Å². The second-order valence-corrected chi connectivity index (χ2v) is 6.32. The predicted octanol–water partition coefficient (Wildman–Crippen LogP) is 0.755. The molecular formula is C15H13ClN4O4. The van der Waals surface area contributed by atoms with Crippen LogP contribution < -0.4 is 5.76 Å². The Morgan fingerprint density at radius 1 is 1.21 bits per heavy atom. The molecule has 2 aliphatic rings. The number of aromatic amines is 1. The van der Waals surface area contributed by atoms with Gasteiger partial charge in [-0.1, -0.05) is 11.6 Å². The molecule has 0 unspecified atom stereocenters. The normalized spacial score (nSPS) is 22.2. The topological polar surface area (TPSA) is 99.5 Å². The SMILES string of the molecule is O=C(c1ccc(Cl)cn1)N1C[C@@H]2C[C@H]1CN2C(=O)c1coc(=O)[nH]1. The second-order valence-electron chi connectivity index (χ2n) is 5.88. The van der Waals surface area contributed by atoms with Gasteiger partial charge in [0.2, 0.25) is 0 Å². The van der Waals surface area contributed by atoms with E-state index in [0.717, 1.165) is 6.26 Å². The van der Waals surface area contributed by atoms with Gasteiger partial charge in [-0.25, -0.2) is 9.78 Å². The molecule has 2 amide bonds. The Hall–Kier alpha value is -2.61. The van der Waals surface area contributed by atoms with Crippen LogP contribution in [-0.4, -0.2) is 56.8 Å². The van der Waals surface area contributed by atoms with E-state index in [4.69, 9.17) is 11.6 Å². The number of fused-ring (bicyclic) bond motifs is 2. The zero-order chi connectivity index (χ0) is 16.8. The summed E-state index contributed by atoms with van der Waals surface area (Å²) in [4.78, 5) is 45.8. The van der Waals surface area contributed by atoms with Gasteiger partial charge in [0.1, 0.15) is 17.7 Å². The molecule has 8 nitrogen and oxygen atoms in total. The van der Waals surface area contributed by atoms with Crippen molar-refractivity contribution in [1.82, 2.24) is 19.8 Å². The summed E-state index contributed by atoms with van der Waals surface area (Å²) in [6, 6.07) is 3.09. The van der Waals surface area contributed by atoms with E-state index in [1.165, 1.54) is 6.20 Å². The van der Waals surface area contributed by atoms with E-state index in [2.05, 4.69) is 14.4 Å². The van der Waals surface area contributed by atoms with E-state index in [0.29, 0.717) is 30.2 Å². The van der Waals surface area contributed by atoms with Crippen molar-refractivity contribution in [2.24, 2.45) is 0 Å². The largest absolute Gasteiger partial charge is 0.416 e. The highest BCUT2D eigenvalue weighted by atomic mass is 35.5. The average Bonchev–Trinajstić information content (AvgIpc) is 3.29. The zero-order valence-corrected chi connectivity index (χ0v) is 13.2. The Morgan fingerprint density at radius 2 is 1.92 bits per heavy atom. The molecule has 0 aliphatic carbocycles. The molecule has 4 heterocycles.